The van der Waals surface area contributed by atoms with Gasteiger partial charge in [-0.05, 0) is 107 Å². The molecule has 0 aromatic heterocycles. The van der Waals surface area contributed by atoms with Gasteiger partial charge in [-0.3, -0.25) is 0 Å². The van der Waals surface area contributed by atoms with Crippen molar-refractivity contribution in [3.8, 4) is 11.1 Å². The molecule has 0 fully saturated rings. The van der Waals surface area contributed by atoms with Crippen LogP contribution in [0.4, 0.5) is 79.0 Å². The van der Waals surface area contributed by atoms with Crippen molar-refractivity contribution in [3.63, 3.8) is 0 Å². The molecule has 0 saturated heterocycles. The third-order valence-electron chi connectivity index (χ3n) is 13.5. The lowest BCUT2D eigenvalue weighted by atomic mass is 10.1. The summed E-state index contributed by atoms with van der Waals surface area (Å²) in [6.07, 6.45) is -30.4. The summed E-state index contributed by atoms with van der Waals surface area (Å²) in [6, 6.07) is 29.3. The van der Waals surface area contributed by atoms with Gasteiger partial charge in [0.15, 0.2) is 16.1 Å². The van der Waals surface area contributed by atoms with Crippen molar-refractivity contribution in [1.82, 2.24) is 0 Å². The SMILES string of the molecule is FC(F)(F)c1cccc([Si](c2cccc(C(F)(F)F)c2)(c2cccc(C(F)(F)F)c2)c2ccc3c(c2)-c2cc([Si](c4cccc(C(F)(F)F)c4)(c4cccc(C(F)(F)F)c4)c4cccc(C(F)(F)F)c4)ccc2C3)c1. The monoisotopic (exact) mass is 1090 g/mol. The quantitative estimate of drug-likeness (QED) is 0.0808. The molecule has 0 radical (unpaired) electrons. The minimum absolute atomic E-state index is 0.0295. The fourth-order valence-corrected chi connectivity index (χ4v) is 19.9. The average molecular weight is 1090 g/mol. The Bertz CT molecular complexity index is 2960. The fraction of sp³-hybridized carbons (Fsp3) is 0.127. The van der Waals surface area contributed by atoms with Crippen molar-refractivity contribution >= 4 is 57.6 Å². The van der Waals surface area contributed by atoms with E-state index >= 15 is 0 Å². The van der Waals surface area contributed by atoms with E-state index in [9.17, 15) is 79.0 Å². The van der Waals surface area contributed by atoms with Gasteiger partial charge in [0.2, 0.25) is 0 Å². The minimum Gasteiger partial charge on any atom is -0.166 e. The average Bonchev–Trinajstić information content (AvgIpc) is 3.71. The van der Waals surface area contributed by atoms with Gasteiger partial charge in [0.1, 0.15) is 0 Å². The molecule has 0 aliphatic heterocycles. The molecule has 0 atom stereocenters. The topological polar surface area (TPSA) is 0 Å². The van der Waals surface area contributed by atoms with Crippen LogP contribution in [0.1, 0.15) is 44.5 Å². The van der Waals surface area contributed by atoms with E-state index in [0.717, 1.165) is 36.4 Å². The summed E-state index contributed by atoms with van der Waals surface area (Å²) in [5.41, 5.74) is -6.51. The van der Waals surface area contributed by atoms with E-state index in [4.69, 9.17) is 0 Å². The lowest BCUT2D eigenvalue weighted by Gasteiger charge is -2.36. The van der Waals surface area contributed by atoms with Crippen LogP contribution in [-0.4, -0.2) is 16.1 Å². The highest BCUT2D eigenvalue weighted by molar-refractivity contribution is 7.20. The van der Waals surface area contributed by atoms with Gasteiger partial charge >= 0.3 is 37.1 Å². The van der Waals surface area contributed by atoms with Crippen LogP contribution in [0.3, 0.4) is 0 Å². The predicted octanol–water partition coefficient (Wildman–Crippen LogP) is 12.1. The van der Waals surface area contributed by atoms with Crippen LogP contribution in [-0.2, 0) is 43.5 Å². The molecule has 0 unspecified atom stereocenters. The van der Waals surface area contributed by atoms with Gasteiger partial charge in [-0.25, -0.2) is 0 Å². The molecule has 1 aliphatic carbocycles. The molecule has 0 amide bonds. The smallest absolute Gasteiger partial charge is 0.166 e. The Morgan fingerprint density at radius 1 is 0.227 bits per heavy atom. The maximum absolute atomic E-state index is 14.6. The second kappa shape index (κ2) is 18.3. The molecule has 0 N–H and O–H groups in total. The molecular formula is C55H32F18Si2. The summed E-state index contributed by atoms with van der Waals surface area (Å²) in [4.78, 5) is 0. The van der Waals surface area contributed by atoms with E-state index < -0.39 is 86.6 Å². The summed E-state index contributed by atoms with van der Waals surface area (Å²) in [6.45, 7) is 0. The van der Waals surface area contributed by atoms with Gasteiger partial charge in [-0.15, -0.1) is 0 Å². The number of benzene rings is 8. The Hall–Kier alpha value is -7.07. The van der Waals surface area contributed by atoms with E-state index in [2.05, 4.69) is 0 Å². The van der Waals surface area contributed by atoms with Gasteiger partial charge in [0.25, 0.3) is 0 Å². The van der Waals surface area contributed by atoms with Crippen molar-refractivity contribution in [2.24, 2.45) is 0 Å². The molecule has 9 rings (SSSR count). The number of rotatable bonds is 8. The standard InChI is InChI=1S/C55H32F18Si2/c56-50(57,58)34-7-1-13-40(24-34)74(41-14-2-8-35(25-41)51(59,60)61,42-15-3-9-36(26-42)52(62,63)64)46-21-19-32-23-33-20-22-47(31-49(33)48(32)30-46)75(43-16-4-10-37(27-43)53(65,66)67,44-17-5-11-38(28-44)54(68,69)70)45-18-6-12-39(29-45)55(71,72)73/h1-22,24-31H,23H2. The van der Waals surface area contributed by atoms with Crippen LogP contribution in [0.2, 0.25) is 0 Å². The minimum atomic E-state index is -5.07. The summed E-state index contributed by atoms with van der Waals surface area (Å²) >= 11 is 0. The molecule has 0 saturated carbocycles. The Balaban J connectivity index is 1.40. The van der Waals surface area contributed by atoms with E-state index in [0.29, 0.717) is 83.9 Å². The van der Waals surface area contributed by atoms with Crippen molar-refractivity contribution in [3.05, 3.63) is 226 Å². The number of hydrogen-bond acceptors (Lipinski definition) is 0. The van der Waals surface area contributed by atoms with Crippen molar-refractivity contribution < 1.29 is 79.0 Å². The highest BCUT2D eigenvalue weighted by Gasteiger charge is 2.49. The number of halogens is 18. The molecule has 386 valence electrons. The summed E-state index contributed by atoms with van der Waals surface area (Å²) < 4.78 is 264. The fourth-order valence-electron chi connectivity index (χ4n) is 10.2. The van der Waals surface area contributed by atoms with E-state index in [-0.39, 0.29) is 59.0 Å². The normalized spacial score (nSPS) is 13.7. The molecule has 1 aliphatic rings. The second-order valence-electron chi connectivity index (χ2n) is 17.9. The Labute approximate surface area is 416 Å². The third-order valence-corrected chi connectivity index (χ3v) is 22.9. The zero-order chi connectivity index (χ0) is 54.3. The maximum atomic E-state index is 14.6. The summed E-state index contributed by atoms with van der Waals surface area (Å²) in [5, 5.41) is -1.88. The number of hydrogen-bond donors (Lipinski definition) is 0. The highest BCUT2D eigenvalue weighted by atomic mass is 28.3. The highest BCUT2D eigenvalue weighted by Crippen LogP contribution is 2.39. The molecule has 0 heterocycles. The Morgan fingerprint density at radius 3 is 0.600 bits per heavy atom. The lowest BCUT2D eigenvalue weighted by Crippen LogP contribution is -2.75. The first-order valence-electron chi connectivity index (χ1n) is 22.3. The zero-order valence-electron chi connectivity index (χ0n) is 37.8. The van der Waals surface area contributed by atoms with Gasteiger partial charge in [-0.1, -0.05) is 146 Å². The Kier molecular flexibility index (Phi) is 12.9. The molecule has 0 nitrogen and oxygen atoms in total. The first-order chi connectivity index (χ1) is 34.9. The predicted molar refractivity (Wildman–Crippen MR) is 252 cm³/mol. The lowest BCUT2D eigenvalue weighted by molar-refractivity contribution is -0.138. The van der Waals surface area contributed by atoms with Crippen LogP contribution in [0.5, 0.6) is 0 Å². The molecule has 0 spiro atoms. The molecule has 0 bridgehead atoms. The van der Waals surface area contributed by atoms with Gasteiger partial charge in [0, 0.05) is 0 Å². The van der Waals surface area contributed by atoms with Crippen molar-refractivity contribution in [2.75, 3.05) is 0 Å². The molecular weight excluding hydrogens is 1060 g/mol. The number of alkyl halides is 18. The molecule has 8 aromatic carbocycles. The first kappa shape index (κ1) is 52.8. The van der Waals surface area contributed by atoms with E-state index in [1.54, 1.807) is 0 Å². The van der Waals surface area contributed by atoms with Gasteiger partial charge < -0.3 is 0 Å². The van der Waals surface area contributed by atoms with Crippen LogP contribution < -0.4 is 41.5 Å². The molecule has 8 aromatic rings. The van der Waals surface area contributed by atoms with E-state index in [1.807, 2.05) is 0 Å². The molecule has 75 heavy (non-hydrogen) atoms. The Morgan fingerprint density at radius 2 is 0.413 bits per heavy atom. The van der Waals surface area contributed by atoms with Crippen molar-refractivity contribution in [1.29, 1.82) is 0 Å². The van der Waals surface area contributed by atoms with Gasteiger partial charge in [0.05, 0.1) is 33.4 Å². The second-order valence-corrected chi connectivity index (χ2v) is 25.5. The largest absolute Gasteiger partial charge is 0.416 e. The molecule has 20 heteroatoms. The summed E-state index contributed by atoms with van der Waals surface area (Å²) in [7, 11) is -9.77. The zero-order valence-corrected chi connectivity index (χ0v) is 39.8. The van der Waals surface area contributed by atoms with Gasteiger partial charge in [-0.2, -0.15) is 79.0 Å². The summed E-state index contributed by atoms with van der Waals surface area (Å²) in [5.74, 6) is 0. The van der Waals surface area contributed by atoms with Crippen LogP contribution in [0, 0.1) is 0 Å². The first-order valence-corrected chi connectivity index (χ1v) is 26.3. The van der Waals surface area contributed by atoms with Crippen LogP contribution in [0.25, 0.3) is 11.1 Å². The van der Waals surface area contributed by atoms with E-state index in [1.165, 1.54) is 72.8 Å². The maximum Gasteiger partial charge on any atom is 0.416 e. The third kappa shape index (κ3) is 9.66. The van der Waals surface area contributed by atoms with Crippen LogP contribution in [0.15, 0.2) is 182 Å². The number of fused-ring (bicyclic) bond motifs is 3. The van der Waals surface area contributed by atoms with Crippen molar-refractivity contribution in [2.45, 2.75) is 43.5 Å². The van der Waals surface area contributed by atoms with Crippen LogP contribution >= 0.6 is 0 Å².